The molecule has 5 nitrogen and oxygen atoms in total. The van der Waals surface area contributed by atoms with Crippen LogP contribution in [0.15, 0.2) is 0 Å². The minimum Gasteiger partial charge on any atom is -0.374 e. The summed E-state index contributed by atoms with van der Waals surface area (Å²) < 4.78 is 0. The van der Waals surface area contributed by atoms with Crippen LogP contribution in [0.1, 0.15) is 23.1 Å². The van der Waals surface area contributed by atoms with Crippen molar-refractivity contribution in [3.63, 3.8) is 0 Å². The SMILES string of the molecule is CC1CCN(C(=O)c2nnc(N)s2)C1. The number of aromatic nitrogens is 2. The first-order chi connectivity index (χ1) is 6.66. The van der Waals surface area contributed by atoms with Crippen molar-refractivity contribution in [2.24, 2.45) is 5.92 Å². The molecular formula is C8H12N4OS. The van der Waals surface area contributed by atoms with Gasteiger partial charge in [-0.15, -0.1) is 10.2 Å². The third-order valence-electron chi connectivity index (χ3n) is 2.33. The van der Waals surface area contributed by atoms with Gasteiger partial charge >= 0.3 is 0 Å². The second-order valence-electron chi connectivity index (χ2n) is 3.59. The van der Waals surface area contributed by atoms with Gasteiger partial charge in [0.15, 0.2) is 0 Å². The van der Waals surface area contributed by atoms with E-state index in [1.165, 1.54) is 0 Å². The molecule has 6 heteroatoms. The van der Waals surface area contributed by atoms with E-state index in [2.05, 4.69) is 17.1 Å². The largest absolute Gasteiger partial charge is 0.374 e. The number of amides is 1. The topological polar surface area (TPSA) is 72.1 Å². The van der Waals surface area contributed by atoms with Crippen molar-refractivity contribution in [2.75, 3.05) is 18.8 Å². The van der Waals surface area contributed by atoms with Crippen molar-refractivity contribution in [1.29, 1.82) is 0 Å². The second-order valence-corrected chi connectivity index (χ2v) is 4.60. The molecule has 0 aliphatic carbocycles. The molecule has 0 spiro atoms. The summed E-state index contributed by atoms with van der Waals surface area (Å²) in [5.74, 6) is 0.549. The van der Waals surface area contributed by atoms with Gasteiger partial charge in [-0.2, -0.15) is 0 Å². The predicted molar refractivity (Wildman–Crippen MR) is 54.0 cm³/mol. The quantitative estimate of drug-likeness (QED) is 0.740. The Bertz CT molecular complexity index is 351. The molecule has 76 valence electrons. The maximum Gasteiger partial charge on any atom is 0.284 e. The van der Waals surface area contributed by atoms with E-state index in [0.29, 0.717) is 16.1 Å². The Kier molecular flexibility index (Phi) is 2.37. The first kappa shape index (κ1) is 9.39. The third-order valence-corrected chi connectivity index (χ3v) is 3.08. The number of hydrogen-bond donors (Lipinski definition) is 1. The minimum atomic E-state index is -0.0384. The molecule has 0 saturated carbocycles. The lowest BCUT2D eigenvalue weighted by atomic mass is 10.2. The van der Waals surface area contributed by atoms with Gasteiger partial charge in [-0.05, 0) is 12.3 Å². The molecule has 1 aromatic heterocycles. The van der Waals surface area contributed by atoms with E-state index in [1.807, 2.05) is 4.90 Å². The Morgan fingerprint density at radius 1 is 1.64 bits per heavy atom. The van der Waals surface area contributed by atoms with E-state index in [1.54, 1.807) is 0 Å². The van der Waals surface area contributed by atoms with Crippen molar-refractivity contribution in [3.05, 3.63) is 5.01 Å². The van der Waals surface area contributed by atoms with Gasteiger partial charge in [-0.25, -0.2) is 0 Å². The molecule has 14 heavy (non-hydrogen) atoms. The molecule has 2 rings (SSSR count). The van der Waals surface area contributed by atoms with E-state index in [9.17, 15) is 4.79 Å². The standard InChI is InChI=1S/C8H12N4OS/c1-5-2-3-12(4-5)7(13)6-10-11-8(9)14-6/h5H,2-4H2,1H3,(H2,9,11). The number of carbonyl (C=O) groups is 1. The van der Waals surface area contributed by atoms with Gasteiger partial charge in [-0.3, -0.25) is 4.79 Å². The van der Waals surface area contributed by atoms with E-state index >= 15 is 0 Å². The monoisotopic (exact) mass is 212 g/mol. The third kappa shape index (κ3) is 1.70. The molecular weight excluding hydrogens is 200 g/mol. The van der Waals surface area contributed by atoms with Crippen molar-refractivity contribution in [2.45, 2.75) is 13.3 Å². The van der Waals surface area contributed by atoms with Gasteiger partial charge < -0.3 is 10.6 Å². The molecule has 1 aromatic rings. The summed E-state index contributed by atoms with van der Waals surface area (Å²) >= 11 is 1.15. The van der Waals surface area contributed by atoms with Crippen LogP contribution in [0.25, 0.3) is 0 Å². The summed E-state index contributed by atoms with van der Waals surface area (Å²) in [7, 11) is 0. The highest BCUT2D eigenvalue weighted by Gasteiger charge is 2.26. The summed E-state index contributed by atoms with van der Waals surface area (Å²) in [5, 5.41) is 8.11. The molecule has 1 unspecified atom stereocenters. The van der Waals surface area contributed by atoms with Crippen molar-refractivity contribution in [3.8, 4) is 0 Å². The molecule has 1 aliphatic heterocycles. The molecule has 1 atom stereocenters. The fraction of sp³-hybridized carbons (Fsp3) is 0.625. The summed E-state index contributed by atoms with van der Waals surface area (Å²) in [6.07, 6.45) is 1.07. The van der Waals surface area contributed by atoms with Crippen LogP contribution in [0.4, 0.5) is 5.13 Å². The first-order valence-corrected chi connectivity index (χ1v) is 5.36. The maximum atomic E-state index is 11.8. The molecule has 1 saturated heterocycles. The van der Waals surface area contributed by atoms with Crippen molar-refractivity contribution < 1.29 is 4.79 Å². The lowest BCUT2D eigenvalue weighted by Crippen LogP contribution is -2.28. The Hall–Kier alpha value is -1.17. The van der Waals surface area contributed by atoms with Crippen molar-refractivity contribution >= 4 is 22.4 Å². The number of nitrogens with zero attached hydrogens (tertiary/aromatic N) is 3. The minimum absolute atomic E-state index is 0.0384. The molecule has 1 amide bonds. The van der Waals surface area contributed by atoms with E-state index < -0.39 is 0 Å². The Morgan fingerprint density at radius 2 is 2.43 bits per heavy atom. The fourth-order valence-electron chi connectivity index (χ4n) is 1.58. The molecule has 2 N–H and O–H groups in total. The van der Waals surface area contributed by atoms with Crippen LogP contribution in [0.2, 0.25) is 0 Å². The van der Waals surface area contributed by atoms with Crippen LogP contribution in [-0.4, -0.2) is 34.1 Å². The Morgan fingerprint density at radius 3 is 2.93 bits per heavy atom. The van der Waals surface area contributed by atoms with E-state index in [-0.39, 0.29) is 5.91 Å². The normalized spacial score (nSPS) is 21.5. The number of nitrogens with two attached hydrogens (primary N) is 1. The average molecular weight is 212 g/mol. The Balaban J connectivity index is 2.09. The zero-order chi connectivity index (χ0) is 10.1. The molecule has 0 aromatic carbocycles. The molecule has 2 heterocycles. The second kappa shape index (κ2) is 3.53. The highest BCUT2D eigenvalue weighted by Crippen LogP contribution is 2.20. The van der Waals surface area contributed by atoms with Crippen LogP contribution >= 0.6 is 11.3 Å². The Labute approximate surface area is 85.9 Å². The predicted octanol–water partition coefficient (Wildman–Crippen LogP) is 0.602. The summed E-state index contributed by atoms with van der Waals surface area (Å²) in [6, 6.07) is 0. The zero-order valence-corrected chi connectivity index (χ0v) is 8.75. The molecule has 0 radical (unpaired) electrons. The van der Waals surface area contributed by atoms with Crippen LogP contribution in [0, 0.1) is 5.92 Å². The number of hydrogen-bond acceptors (Lipinski definition) is 5. The van der Waals surface area contributed by atoms with Gasteiger partial charge in [0.2, 0.25) is 10.1 Å². The summed E-state index contributed by atoms with van der Waals surface area (Å²) in [5.41, 5.74) is 5.42. The summed E-state index contributed by atoms with van der Waals surface area (Å²) in [4.78, 5) is 13.6. The number of carbonyl (C=O) groups excluding carboxylic acids is 1. The van der Waals surface area contributed by atoms with Crippen LogP contribution < -0.4 is 5.73 Å². The maximum absolute atomic E-state index is 11.8. The highest BCUT2D eigenvalue weighted by atomic mass is 32.1. The van der Waals surface area contributed by atoms with Crippen LogP contribution in [0.5, 0.6) is 0 Å². The van der Waals surface area contributed by atoms with E-state index in [0.717, 1.165) is 30.8 Å². The van der Waals surface area contributed by atoms with Crippen LogP contribution in [-0.2, 0) is 0 Å². The van der Waals surface area contributed by atoms with Crippen LogP contribution in [0.3, 0.4) is 0 Å². The van der Waals surface area contributed by atoms with Gasteiger partial charge in [0, 0.05) is 13.1 Å². The molecule has 0 bridgehead atoms. The van der Waals surface area contributed by atoms with Gasteiger partial charge in [0.1, 0.15) is 0 Å². The number of likely N-dealkylation sites (tertiary alicyclic amines) is 1. The zero-order valence-electron chi connectivity index (χ0n) is 7.93. The van der Waals surface area contributed by atoms with Gasteiger partial charge in [0.05, 0.1) is 0 Å². The smallest absolute Gasteiger partial charge is 0.284 e. The molecule has 1 fully saturated rings. The lowest BCUT2D eigenvalue weighted by Gasteiger charge is -2.12. The molecule has 1 aliphatic rings. The highest BCUT2D eigenvalue weighted by molar-refractivity contribution is 7.16. The number of rotatable bonds is 1. The first-order valence-electron chi connectivity index (χ1n) is 4.55. The van der Waals surface area contributed by atoms with Crippen molar-refractivity contribution in [1.82, 2.24) is 15.1 Å². The number of nitrogen functional groups attached to an aromatic ring is 1. The summed E-state index contributed by atoms with van der Waals surface area (Å²) in [6.45, 7) is 3.78. The van der Waals surface area contributed by atoms with E-state index in [4.69, 9.17) is 5.73 Å². The fourth-order valence-corrected chi connectivity index (χ4v) is 2.15. The van der Waals surface area contributed by atoms with Gasteiger partial charge in [-0.1, -0.05) is 18.3 Å². The number of anilines is 1. The average Bonchev–Trinajstić information content (AvgIpc) is 2.73. The lowest BCUT2D eigenvalue weighted by molar-refractivity contribution is 0.0787. The van der Waals surface area contributed by atoms with Gasteiger partial charge in [0.25, 0.3) is 5.91 Å².